The average Bonchev–Trinajstić information content (AvgIpc) is 2.26. The summed E-state index contributed by atoms with van der Waals surface area (Å²) in [5.74, 6) is 0. The van der Waals surface area contributed by atoms with E-state index in [0.717, 1.165) is 6.54 Å². The third-order valence-electron chi connectivity index (χ3n) is 2.44. The predicted molar refractivity (Wildman–Crippen MR) is 70.0 cm³/mol. The van der Waals surface area contributed by atoms with Crippen molar-refractivity contribution in [1.29, 1.82) is 0 Å². The van der Waals surface area contributed by atoms with Crippen molar-refractivity contribution in [2.75, 3.05) is 20.6 Å². The predicted octanol–water partition coefficient (Wildman–Crippen LogP) is -0.00660. The lowest BCUT2D eigenvalue weighted by Gasteiger charge is -2.16. The maximum absolute atomic E-state index is 12.0. The second kappa shape index (κ2) is 6.12. The number of nitrogens with zero attached hydrogens (tertiary/aromatic N) is 1. The molecule has 1 aromatic heterocycles. The molecule has 2 N–H and O–H groups in total. The minimum absolute atomic E-state index is 0.225. The molecule has 0 aliphatic carbocycles. The Bertz CT molecular complexity index is 536. The van der Waals surface area contributed by atoms with Gasteiger partial charge >= 0.3 is 0 Å². The van der Waals surface area contributed by atoms with Crippen LogP contribution in [0, 0.1) is 0 Å². The molecule has 0 aliphatic heterocycles. The molecular weight excluding hydrogens is 254 g/mol. The van der Waals surface area contributed by atoms with Crippen LogP contribution < -0.4 is 10.2 Å². The molecule has 0 spiro atoms. The minimum Gasteiger partial charge on any atom is -0.366 e. The highest BCUT2D eigenvalue weighted by atomic mass is 32.2. The lowest BCUT2D eigenvalue weighted by Crippen LogP contribution is -2.36. The molecule has 7 heteroatoms. The van der Waals surface area contributed by atoms with Crippen LogP contribution in [0.15, 0.2) is 28.2 Å². The summed E-state index contributed by atoms with van der Waals surface area (Å²) < 4.78 is 26.4. The topological polar surface area (TPSA) is 82.3 Å². The summed E-state index contributed by atoms with van der Waals surface area (Å²) in [5.41, 5.74) is -0.513. The van der Waals surface area contributed by atoms with Gasteiger partial charge in [0.1, 0.15) is 4.90 Å². The first kappa shape index (κ1) is 14.9. The smallest absolute Gasteiger partial charge is 0.246 e. The van der Waals surface area contributed by atoms with Gasteiger partial charge in [-0.15, -0.1) is 0 Å². The van der Waals surface area contributed by atoms with E-state index in [1.165, 1.54) is 18.5 Å². The van der Waals surface area contributed by atoms with Gasteiger partial charge in [-0.2, -0.15) is 0 Å². The van der Waals surface area contributed by atoms with Crippen molar-refractivity contribution in [1.82, 2.24) is 14.6 Å². The fraction of sp³-hybridized carbons (Fsp3) is 0.545. The van der Waals surface area contributed by atoms with Crippen molar-refractivity contribution in [3.05, 3.63) is 28.7 Å². The van der Waals surface area contributed by atoms with E-state index in [0.29, 0.717) is 6.42 Å². The van der Waals surface area contributed by atoms with Crippen molar-refractivity contribution in [3.8, 4) is 0 Å². The van der Waals surface area contributed by atoms with Crippen LogP contribution in [0.1, 0.15) is 13.3 Å². The van der Waals surface area contributed by atoms with Crippen LogP contribution in [0.4, 0.5) is 0 Å². The van der Waals surface area contributed by atoms with Gasteiger partial charge in [-0.1, -0.05) is 0 Å². The number of sulfonamides is 1. The lowest BCUT2D eigenvalue weighted by atomic mass is 10.2. The molecule has 0 amide bonds. The summed E-state index contributed by atoms with van der Waals surface area (Å²) in [4.78, 5) is 15.8. The SMILES string of the molecule is CC(CCN(C)C)NS(=O)(=O)c1c[nH]ccc1=O. The molecule has 6 nitrogen and oxygen atoms in total. The highest BCUT2D eigenvalue weighted by Gasteiger charge is 2.20. The lowest BCUT2D eigenvalue weighted by molar-refractivity contribution is 0.379. The van der Waals surface area contributed by atoms with E-state index in [1.807, 2.05) is 19.0 Å². The molecule has 102 valence electrons. The monoisotopic (exact) mass is 273 g/mol. The molecule has 1 unspecified atom stereocenters. The number of nitrogens with one attached hydrogen (secondary N) is 2. The Morgan fingerprint density at radius 2 is 2.11 bits per heavy atom. The molecule has 0 bridgehead atoms. The first-order chi connectivity index (χ1) is 8.33. The van der Waals surface area contributed by atoms with Gasteiger partial charge in [-0.3, -0.25) is 4.79 Å². The molecule has 0 aliphatic rings. The van der Waals surface area contributed by atoms with E-state index in [-0.39, 0.29) is 10.9 Å². The normalized spacial score (nSPS) is 13.8. The van der Waals surface area contributed by atoms with Gasteiger partial charge in [0.05, 0.1) is 0 Å². The molecule has 0 fully saturated rings. The first-order valence-corrected chi connectivity index (χ1v) is 7.15. The number of hydrogen-bond acceptors (Lipinski definition) is 4. The number of hydrogen-bond donors (Lipinski definition) is 2. The van der Waals surface area contributed by atoms with Crippen LogP contribution in [0.5, 0.6) is 0 Å². The van der Waals surface area contributed by atoms with E-state index in [4.69, 9.17) is 0 Å². The summed E-state index contributed by atoms with van der Waals surface area (Å²) in [6, 6.07) is 0.969. The summed E-state index contributed by atoms with van der Waals surface area (Å²) in [7, 11) is 0.0892. The van der Waals surface area contributed by atoms with Crippen molar-refractivity contribution in [3.63, 3.8) is 0 Å². The van der Waals surface area contributed by atoms with Crippen LogP contribution in [0.2, 0.25) is 0 Å². The maximum atomic E-state index is 12.0. The van der Waals surface area contributed by atoms with Crippen LogP contribution in [0.3, 0.4) is 0 Å². The second-order valence-corrected chi connectivity index (χ2v) is 6.17. The Hall–Kier alpha value is -1.18. The fourth-order valence-electron chi connectivity index (χ4n) is 1.45. The van der Waals surface area contributed by atoms with Gasteiger partial charge in [0.2, 0.25) is 15.5 Å². The van der Waals surface area contributed by atoms with E-state index in [1.54, 1.807) is 6.92 Å². The molecule has 1 aromatic rings. The van der Waals surface area contributed by atoms with E-state index < -0.39 is 15.5 Å². The molecule has 0 saturated carbocycles. The zero-order valence-corrected chi connectivity index (χ0v) is 11.6. The molecule has 1 atom stereocenters. The first-order valence-electron chi connectivity index (χ1n) is 5.67. The van der Waals surface area contributed by atoms with Crippen molar-refractivity contribution >= 4 is 10.0 Å². The van der Waals surface area contributed by atoms with E-state index in [9.17, 15) is 13.2 Å². The molecular formula is C11H19N3O3S. The average molecular weight is 273 g/mol. The Morgan fingerprint density at radius 3 is 2.67 bits per heavy atom. The summed E-state index contributed by atoms with van der Waals surface area (Å²) >= 11 is 0. The maximum Gasteiger partial charge on any atom is 0.246 e. The van der Waals surface area contributed by atoms with Crippen molar-refractivity contribution in [2.45, 2.75) is 24.3 Å². The largest absolute Gasteiger partial charge is 0.366 e. The minimum atomic E-state index is -3.75. The van der Waals surface area contributed by atoms with Gasteiger partial charge in [0.15, 0.2) is 0 Å². The van der Waals surface area contributed by atoms with Crippen molar-refractivity contribution in [2.24, 2.45) is 0 Å². The third kappa shape index (κ3) is 4.25. The molecule has 18 heavy (non-hydrogen) atoms. The zero-order chi connectivity index (χ0) is 13.8. The van der Waals surface area contributed by atoms with Gasteiger partial charge in [0, 0.05) is 24.5 Å². The molecule has 0 radical (unpaired) electrons. The third-order valence-corrected chi connectivity index (χ3v) is 4.05. The fourth-order valence-corrected chi connectivity index (χ4v) is 2.78. The summed E-state index contributed by atoms with van der Waals surface area (Å²) in [5, 5.41) is 0. The van der Waals surface area contributed by atoms with Gasteiger partial charge in [0.25, 0.3) is 0 Å². The van der Waals surface area contributed by atoms with Crippen LogP contribution >= 0.6 is 0 Å². The van der Waals surface area contributed by atoms with Crippen LogP contribution in [0.25, 0.3) is 0 Å². The zero-order valence-electron chi connectivity index (χ0n) is 10.8. The molecule has 0 aromatic carbocycles. The van der Waals surface area contributed by atoms with Crippen LogP contribution in [-0.4, -0.2) is 45.0 Å². The van der Waals surface area contributed by atoms with Gasteiger partial charge < -0.3 is 9.88 Å². The van der Waals surface area contributed by atoms with Gasteiger partial charge in [-0.05, 0) is 34.0 Å². The molecule has 1 heterocycles. The number of aromatic nitrogens is 1. The Balaban J connectivity index is 2.77. The number of rotatable bonds is 6. The summed E-state index contributed by atoms with van der Waals surface area (Å²) in [6.07, 6.45) is 3.27. The number of pyridine rings is 1. The number of H-pyrrole nitrogens is 1. The highest BCUT2D eigenvalue weighted by molar-refractivity contribution is 7.89. The molecule has 0 saturated heterocycles. The Kier molecular flexibility index (Phi) is 5.06. The second-order valence-electron chi connectivity index (χ2n) is 4.49. The summed E-state index contributed by atoms with van der Waals surface area (Å²) in [6.45, 7) is 2.55. The van der Waals surface area contributed by atoms with E-state index >= 15 is 0 Å². The molecule has 1 rings (SSSR count). The Morgan fingerprint density at radius 1 is 1.44 bits per heavy atom. The quantitative estimate of drug-likeness (QED) is 0.764. The Labute approximate surface area is 107 Å². The van der Waals surface area contributed by atoms with E-state index in [2.05, 4.69) is 9.71 Å². The van der Waals surface area contributed by atoms with Crippen LogP contribution in [-0.2, 0) is 10.0 Å². The standard InChI is InChI=1S/C11H19N3O3S/c1-9(5-7-14(2)3)13-18(16,17)11-8-12-6-4-10(11)15/h4,6,8-9,13H,5,7H2,1-3H3,(H,12,15). The van der Waals surface area contributed by atoms with Crippen molar-refractivity contribution < 1.29 is 8.42 Å². The number of aromatic amines is 1. The van der Waals surface area contributed by atoms with Gasteiger partial charge in [-0.25, -0.2) is 13.1 Å². The highest BCUT2D eigenvalue weighted by Crippen LogP contribution is 2.03.